The molecule has 1 heterocycles. The van der Waals surface area contributed by atoms with Crippen molar-refractivity contribution in [3.63, 3.8) is 0 Å². The number of ether oxygens (including phenoxy) is 1. The highest BCUT2D eigenvalue weighted by Gasteiger charge is 2.28. The van der Waals surface area contributed by atoms with Gasteiger partial charge < -0.3 is 15.8 Å². The van der Waals surface area contributed by atoms with Gasteiger partial charge in [0.15, 0.2) is 0 Å². The third kappa shape index (κ3) is 3.37. The molecule has 1 unspecified atom stereocenters. The van der Waals surface area contributed by atoms with Crippen molar-refractivity contribution in [1.82, 2.24) is 0 Å². The summed E-state index contributed by atoms with van der Waals surface area (Å²) in [5.74, 6) is -0.0937. The fourth-order valence-corrected chi connectivity index (χ4v) is 2.32. The number of benzene rings is 1. The molecule has 1 aromatic carbocycles. The van der Waals surface area contributed by atoms with Gasteiger partial charge in [-0.2, -0.15) is 0 Å². The quantitative estimate of drug-likeness (QED) is 0.878. The highest BCUT2D eigenvalue weighted by Crippen LogP contribution is 2.22. The van der Waals surface area contributed by atoms with Crippen LogP contribution >= 0.6 is 11.6 Å². The van der Waals surface area contributed by atoms with Gasteiger partial charge in [0.2, 0.25) is 5.91 Å². The summed E-state index contributed by atoms with van der Waals surface area (Å²) in [6, 6.07) is 6.91. The average Bonchev–Trinajstić information content (AvgIpc) is 2.38. The average molecular weight is 269 g/mol. The molecule has 1 aromatic rings. The van der Waals surface area contributed by atoms with Crippen LogP contribution in [0.5, 0.6) is 0 Å². The third-order valence-electron chi connectivity index (χ3n) is 3.21. The number of nitrogens with two attached hydrogens (primary N) is 1. The van der Waals surface area contributed by atoms with Crippen molar-refractivity contribution in [2.75, 3.05) is 18.5 Å². The largest absolute Gasteiger partial charge is 0.381 e. The summed E-state index contributed by atoms with van der Waals surface area (Å²) in [6.07, 6.45) is 1.71. The normalized spacial score (nSPS) is 18.3. The fourth-order valence-electron chi connectivity index (χ4n) is 2.20. The van der Waals surface area contributed by atoms with Crippen LogP contribution in [0.3, 0.4) is 0 Å². The van der Waals surface area contributed by atoms with Gasteiger partial charge in [-0.25, -0.2) is 0 Å². The van der Waals surface area contributed by atoms with Crippen molar-refractivity contribution in [2.24, 2.45) is 11.7 Å². The van der Waals surface area contributed by atoms with E-state index in [1.807, 2.05) is 12.1 Å². The van der Waals surface area contributed by atoms with Crippen molar-refractivity contribution < 1.29 is 9.53 Å². The number of nitrogens with one attached hydrogen (secondary N) is 1. The van der Waals surface area contributed by atoms with E-state index in [-0.39, 0.29) is 17.9 Å². The maximum atomic E-state index is 11.6. The number of amides is 1. The van der Waals surface area contributed by atoms with Gasteiger partial charge in [0.1, 0.15) is 6.04 Å². The number of carbonyl (C=O) groups excluding carboxylic acids is 1. The SMILES string of the molecule is NC(=O)C(Nc1ccc(Cl)cc1)C1CCOCC1. The molecular weight excluding hydrogens is 252 g/mol. The number of rotatable bonds is 4. The smallest absolute Gasteiger partial charge is 0.240 e. The van der Waals surface area contributed by atoms with Crippen molar-refractivity contribution >= 4 is 23.2 Å². The summed E-state index contributed by atoms with van der Waals surface area (Å²) in [5.41, 5.74) is 6.33. The molecule has 0 saturated carbocycles. The summed E-state index contributed by atoms with van der Waals surface area (Å²) in [6.45, 7) is 1.38. The second-order valence-electron chi connectivity index (χ2n) is 4.48. The topological polar surface area (TPSA) is 64.4 Å². The molecule has 1 aliphatic heterocycles. The molecule has 1 amide bonds. The molecule has 0 bridgehead atoms. The minimum atomic E-state index is -0.352. The zero-order valence-corrected chi connectivity index (χ0v) is 10.8. The summed E-state index contributed by atoms with van der Waals surface area (Å²) in [4.78, 5) is 11.6. The third-order valence-corrected chi connectivity index (χ3v) is 3.46. The molecular formula is C13H17ClN2O2. The zero-order valence-electron chi connectivity index (χ0n) is 10.1. The first-order valence-electron chi connectivity index (χ1n) is 6.06. The van der Waals surface area contributed by atoms with E-state index in [0.717, 1.165) is 18.5 Å². The maximum absolute atomic E-state index is 11.6. The number of hydrogen-bond donors (Lipinski definition) is 2. The molecule has 3 N–H and O–H groups in total. The van der Waals surface area contributed by atoms with Gasteiger partial charge >= 0.3 is 0 Å². The van der Waals surface area contributed by atoms with Crippen molar-refractivity contribution in [1.29, 1.82) is 0 Å². The monoisotopic (exact) mass is 268 g/mol. The van der Waals surface area contributed by atoms with Gasteiger partial charge in [-0.15, -0.1) is 0 Å². The fraction of sp³-hybridized carbons (Fsp3) is 0.462. The van der Waals surface area contributed by atoms with E-state index in [1.54, 1.807) is 12.1 Å². The molecule has 5 heteroatoms. The van der Waals surface area contributed by atoms with Crippen LogP contribution in [-0.2, 0) is 9.53 Å². The van der Waals surface area contributed by atoms with Crippen molar-refractivity contribution in [2.45, 2.75) is 18.9 Å². The Balaban J connectivity index is 2.05. The molecule has 1 fully saturated rings. The minimum Gasteiger partial charge on any atom is -0.381 e. The molecule has 18 heavy (non-hydrogen) atoms. The first-order valence-corrected chi connectivity index (χ1v) is 6.44. The standard InChI is InChI=1S/C13H17ClN2O2/c14-10-1-3-11(4-2-10)16-12(13(15)17)9-5-7-18-8-6-9/h1-4,9,12,16H,5-8H2,(H2,15,17). The molecule has 1 saturated heterocycles. The van der Waals surface area contributed by atoms with E-state index in [1.165, 1.54) is 0 Å². The lowest BCUT2D eigenvalue weighted by atomic mass is 9.91. The van der Waals surface area contributed by atoms with Gasteiger partial charge in [0.05, 0.1) is 0 Å². The Kier molecular flexibility index (Phi) is 4.44. The van der Waals surface area contributed by atoms with Gasteiger partial charge in [-0.05, 0) is 43.0 Å². The van der Waals surface area contributed by atoms with E-state index in [4.69, 9.17) is 22.1 Å². The Morgan fingerprint density at radius 3 is 2.50 bits per heavy atom. The molecule has 1 aliphatic rings. The van der Waals surface area contributed by atoms with E-state index >= 15 is 0 Å². The predicted octanol–water partition coefficient (Wildman–Crippen LogP) is 2.03. The molecule has 2 rings (SSSR count). The molecule has 0 spiro atoms. The molecule has 4 nitrogen and oxygen atoms in total. The van der Waals surface area contributed by atoms with Crippen LogP contribution in [0, 0.1) is 5.92 Å². The summed E-state index contributed by atoms with van der Waals surface area (Å²) >= 11 is 5.82. The van der Waals surface area contributed by atoms with Crippen LogP contribution in [0.1, 0.15) is 12.8 Å². The Morgan fingerprint density at radius 1 is 1.33 bits per heavy atom. The van der Waals surface area contributed by atoms with Crippen LogP contribution in [0.25, 0.3) is 0 Å². The maximum Gasteiger partial charge on any atom is 0.240 e. The second kappa shape index (κ2) is 6.07. The van der Waals surface area contributed by atoms with E-state index in [0.29, 0.717) is 18.2 Å². The van der Waals surface area contributed by atoms with Crippen LogP contribution in [0.15, 0.2) is 24.3 Å². The van der Waals surface area contributed by atoms with E-state index in [9.17, 15) is 4.79 Å². The molecule has 0 radical (unpaired) electrons. The number of halogens is 1. The summed E-state index contributed by atoms with van der Waals surface area (Å²) in [7, 11) is 0. The Hall–Kier alpha value is -1.26. The molecule has 0 aliphatic carbocycles. The lowest BCUT2D eigenvalue weighted by Gasteiger charge is -2.29. The van der Waals surface area contributed by atoms with Crippen LogP contribution in [0.2, 0.25) is 5.02 Å². The second-order valence-corrected chi connectivity index (χ2v) is 4.92. The van der Waals surface area contributed by atoms with Gasteiger partial charge in [0.25, 0.3) is 0 Å². The van der Waals surface area contributed by atoms with Crippen LogP contribution < -0.4 is 11.1 Å². The first-order chi connectivity index (χ1) is 8.66. The Labute approximate surface area is 111 Å². The lowest BCUT2D eigenvalue weighted by molar-refractivity contribution is -0.120. The van der Waals surface area contributed by atoms with Crippen molar-refractivity contribution in [3.8, 4) is 0 Å². The summed E-state index contributed by atoms with van der Waals surface area (Å²) in [5, 5.41) is 3.86. The number of primary amides is 1. The number of anilines is 1. The van der Waals surface area contributed by atoms with Gasteiger partial charge in [-0.3, -0.25) is 4.79 Å². The van der Waals surface area contributed by atoms with Crippen LogP contribution in [0.4, 0.5) is 5.69 Å². The molecule has 1 atom stereocenters. The Morgan fingerprint density at radius 2 is 1.94 bits per heavy atom. The van der Waals surface area contributed by atoms with Gasteiger partial charge in [-0.1, -0.05) is 11.6 Å². The molecule has 0 aromatic heterocycles. The number of carbonyl (C=O) groups is 1. The minimum absolute atomic E-state index is 0.229. The highest BCUT2D eigenvalue weighted by molar-refractivity contribution is 6.30. The van der Waals surface area contributed by atoms with Gasteiger partial charge in [0, 0.05) is 23.9 Å². The van der Waals surface area contributed by atoms with E-state index < -0.39 is 0 Å². The number of hydrogen-bond acceptors (Lipinski definition) is 3. The Bertz CT molecular complexity index is 402. The van der Waals surface area contributed by atoms with Crippen molar-refractivity contribution in [3.05, 3.63) is 29.3 Å². The van der Waals surface area contributed by atoms with E-state index in [2.05, 4.69) is 5.32 Å². The lowest BCUT2D eigenvalue weighted by Crippen LogP contribution is -2.43. The zero-order chi connectivity index (χ0) is 13.0. The first kappa shape index (κ1) is 13.2. The summed E-state index contributed by atoms with van der Waals surface area (Å²) < 4.78 is 5.30. The highest BCUT2D eigenvalue weighted by atomic mass is 35.5. The predicted molar refractivity (Wildman–Crippen MR) is 71.6 cm³/mol. The van der Waals surface area contributed by atoms with Crippen LogP contribution in [-0.4, -0.2) is 25.2 Å². The molecule has 98 valence electrons.